The molecule has 144 valence electrons. The highest BCUT2D eigenvalue weighted by Crippen LogP contribution is 2.27. The molecule has 1 fully saturated rings. The molecule has 1 heterocycles. The van der Waals surface area contributed by atoms with Crippen LogP contribution in [0.2, 0.25) is 0 Å². The van der Waals surface area contributed by atoms with E-state index in [1.807, 2.05) is 62.1 Å². The van der Waals surface area contributed by atoms with Crippen LogP contribution in [0.5, 0.6) is 0 Å². The normalized spacial score (nSPS) is 17.6. The Morgan fingerprint density at radius 3 is 2.59 bits per heavy atom. The number of rotatable bonds is 2. The molecule has 27 heavy (non-hydrogen) atoms. The second kappa shape index (κ2) is 7.89. The van der Waals surface area contributed by atoms with Gasteiger partial charge in [0.25, 0.3) is 5.91 Å². The SMILES string of the molecule is CC(C)(C)OC(=O)N[C@@H]1CCCN(C(=O)c2cccc3c(Br)cccc23)C1. The van der Waals surface area contributed by atoms with Gasteiger partial charge >= 0.3 is 6.09 Å². The van der Waals surface area contributed by atoms with E-state index in [1.54, 1.807) is 0 Å². The van der Waals surface area contributed by atoms with Crippen molar-refractivity contribution in [1.29, 1.82) is 0 Å². The molecule has 5 nitrogen and oxygen atoms in total. The highest BCUT2D eigenvalue weighted by Gasteiger charge is 2.27. The minimum atomic E-state index is -0.537. The van der Waals surface area contributed by atoms with Gasteiger partial charge in [-0.05, 0) is 56.5 Å². The lowest BCUT2D eigenvalue weighted by Gasteiger charge is -2.34. The van der Waals surface area contributed by atoms with Crippen molar-refractivity contribution in [2.24, 2.45) is 0 Å². The van der Waals surface area contributed by atoms with Crippen molar-refractivity contribution in [2.45, 2.75) is 45.3 Å². The van der Waals surface area contributed by atoms with Gasteiger partial charge in [-0.1, -0.05) is 40.2 Å². The Labute approximate surface area is 168 Å². The quantitative estimate of drug-likeness (QED) is 0.745. The van der Waals surface area contributed by atoms with Crippen molar-refractivity contribution in [1.82, 2.24) is 10.2 Å². The topological polar surface area (TPSA) is 58.6 Å². The zero-order valence-electron chi connectivity index (χ0n) is 15.9. The van der Waals surface area contributed by atoms with Crippen molar-refractivity contribution in [3.63, 3.8) is 0 Å². The van der Waals surface area contributed by atoms with Crippen LogP contribution >= 0.6 is 15.9 Å². The van der Waals surface area contributed by atoms with Crippen LogP contribution in [0.25, 0.3) is 10.8 Å². The summed E-state index contributed by atoms with van der Waals surface area (Å²) in [5.74, 6) is -0.00520. The number of nitrogens with zero attached hydrogens (tertiary/aromatic N) is 1. The summed E-state index contributed by atoms with van der Waals surface area (Å²) in [6, 6.07) is 11.5. The molecule has 0 saturated carbocycles. The van der Waals surface area contributed by atoms with Crippen molar-refractivity contribution in [3.8, 4) is 0 Å². The van der Waals surface area contributed by atoms with Gasteiger partial charge in [-0.25, -0.2) is 4.79 Å². The fourth-order valence-corrected chi connectivity index (χ4v) is 3.88. The van der Waals surface area contributed by atoms with Crippen LogP contribution in [0.4, 0.5) is 4.79 Å². The second-order valence-corrected chi connectivity index (χ2v) is 8.73. The summed E-state index contributed by atoms with van der Waals surface area (Å²) in [7, 11) is 0. The fourth-order valence-electron chi connectivity index (χ4n) is 3.38. The summed E-state index contributed by atoms with van der Waals surface area (Å²) in [6.45, 7) is 6.68. The Hall–Kier alpha value is -2.08. The Balaban J connectivity index is 1.74. The molecule has 6 heteroatoms. The number of fused-ring (bicyclic) bond motifs is 1. The molecule has 1 atom stereocenters. The number of nitrogens with one attached hydrogen (secondary N) is 1. The van der Waals surface area contributed by atoms with Gasteiger partial charge in [0.1, 0.15) is 5.60 Å². The van der Waals surface area contributed by atoms with Gasteiger partial charge in [0.2, 0.25) is 0 Å². The molecule has 1 aliphatic heterocycles. The number of hydrogen-bond acceptors (Lipinski definition) is 3. The fraction of sp³-hybridized carbons (Fsp3) is 0.429. The third-order valence-electron chi connectivity index (χ3n) is 4.53. The number of amides is 2. The molecule has 0 bridgehead atoms. The Bertz CT molecular complexity index is 860. The van der Waals surface area contributed by atoms with Gasteiger partial charge < -0.3 is 15.0 Å². The van der Waals surface area contributed by atoms with Crippen LogP contribution in [0.3, 0.4) is 0 Å². The van der Waals surface area contributed by atoms with Crippen LogP contribution in [-0.2, 0) is 4.74 Å². The first kappa shape index (κ1) is 19.7. The first-order chi connectivity index (χ1) is 12.7. The summed E-state index contributed by atoms with van der Waals surface area (Å²) in [5, 5.41) is 4.84. The first-order valence-corrected chi connectivity index (χ1v) is 10.00. The molecule has 2 aromatic carbocycles. The lowest BCUT2D eigenvalue weighted by atomic mass is 10.0. The van der Waals surface area contributed by atoms with Crippen molar-refractivity contribution in [2.75, 3.05) is 13.1 Å². The molecule has 1 aliphatic rings. The summed E-state index contributed by atoms with van der Waals surface area (Å²) in [4.78, 5) is 27.0. The Morgan fingerprint density at radius 2 is 1.85 bits per heavy atom. The summed E-state index contributed by atoms with van der Waals surface area (Å²) in [6.07, 6.45) is 1.25. The van der Waals surface area contributed by atoms with Gasteiger partial charge in [0, 0.05) is 29.2 Å². The summed E-state index contributed by atoms with van der Waals surface area (Å²) in [5.41, 5.74) is 0.150. The zero-order chi connectivity index (χ0) is 19.6. The monoisotopic (exact) mass is 432 g/mol. The van der Waals surface area contributed by atoms with Crippen molar-refractivity contribution < 1.29 is 14.3 Å². The molecule has 2 amide bonds. The van der Waals surface area contributed by atoms with Crippen LogP contribution in [0.15, 0.2) is 40.9 Å². The number of likely N-dealkylation sites (tertiary alicyclic amines) is 1. The van der Waals surface area contributed by atoms with Gasteiger partial charge in [-0.2, -0.15) is 0 Å². The van der Waals surface area contributed by atoms with E-state index in [2.05, 4.69) is 21.2 Å². The number of piperidine rings is 1. The number of ether oxygens (including phenoxy) is 1. The highest BCUT2D eigenvalue weighted by atomic mass is 79.9. The van der Waals surface area contributed by atoms with Gasteiger partial charge in [0.05, 0.1) is 0 Å². The van der Waals surface area contributed by atoms with Crippen molar-refractivity contribution >= 4 is 38.7 Å². The van der Waals surface area contributed by atoms with Crippen LogP contribution < -0.4 is 5.32 Å². The molecular weight excluding hydrogens is 408 g/mol. The molecule has 0 aliphatic carbocycles. The number of halogens is 1. The smallest absolute Gasteiger partial charge is 0.407 e. The van der Waals surface area contributed by atoms with E-state index in [0.29, 0.717) is 18.7 Å². The molecule has 1 saturated heterocycles. The lowest BCUT2D eigenvalue weighted by molar-refractivity contribution is 0.0452. The average molecular weight is 433 g/mol. The largest absolute Gasteiger partial charge is 0.444 e. The maximum absolute atomic E-state index is 13.2. The minimum Gasteiger partial charge on any atom is -0.444 e. The van der Waals surface area contributed by atoms with E-state index in [4.69, 9.17) is 4.74 Å². The van der Waals surface area contributed by atoms with Crippen LogP contribution in [0.1, 0.15) is 44.0 Å². The van der Waals surface area contributed by atoms with E-state index >= 15 is 0 Å². The third kappa shape index (κ3) is 4.80. The molecule has 0 radical (unpaired) electrons. The predicted octanol–water partition coefficient (Wildman–Crippen LogP) is 4.73. The number of benzene rings is 2. The number of carbonyl (C=O) groups is 2. The van der Waals surface area contributed by atoms with E-state index in [1.165, 1.54) is 0 Å². The van der Waals surface area contributed by atoms with Gasteiger partial charge in [-0.15, -0.1) is 0 Å². The molecule has 0 aromatic heterocycles. The maximum Gasteiger partial charge on any atom is 0.407 e. The van der Waals surface area contributed by atoms with E-state index in [-0.39, 0.29) is 11.9 Å². The molecule has 0 spiro atoms. The third-order valence-corrected chi connectivity index (χ3v) is 5.22. The Morgan fingerprint density at radius 1 is 1.15 bits per heavy atom. The van der Waals surface area contributed by atoms with E-state index in [0.717, 1.165) is 28.1 Å². The standard InChI is InChI=1S/C21H25BrN2O3/c1-21(2,3)27-20(26)23-14-7-6-12-24(13-14)19(25)17-10-4-9-16-15(17)8-5-11-18(16)22/h4-5,8-11,14H,6-7,12-13H2,1-3H3,(H,23,26)/t14-/m1/s1. The van der Waals surface area contributed by atoms with Gasteiger partial charge in [-0.3, -0.25) is 4.79 Å². The first-order valence-electron chi connectivity index (χ1n) is 9.20. The molecule has 1 N–H and O–H groups in total. The lowest BCUT2D eigenvalue weighted by Crippen LogP contribution is -2.50. The second-order valence-electron chi connectivity index (χ2n) is 7.88. The van der Waals surface area contributed by atoms with Crippen molar-refractivity contribution in [3.05, 3.63) is 46.4 Å². The molecular formula is C21H25BrN2O3. The average Bonchev–Trinajstić information content (AvgIpc) is 2.59. The molecule has 2 aromatic rings. The predicted molar refractivity (Wildman–Crippen MR) is 110 cm³/mol. The number of hydrogen-bond donors (Lipinski definition) is 1. The van der Waals surface area contributed by atoms with E-state index in [9.17, 15) is 9.59 Å². The maximum atomic E-state index is 13.2. The van der Waals surface area contributed by atoms with Crippen LogP contribution in [-0.4, -0.2) is 41.6 Å². The summed E-state index contributed by atoms with van der Waals surface area (Å²) < 4.78 is 6.30. The number of carbonyl (C=O) groups excluding carboxylic acids is 2. The highest BCUT2D eigenvalue weighted by molar-refractivity contribution is 9.10. The van der Waals surface area contributed by atoms with Crippen LogP contribution in [0, 0.1) is 0 Å². The summed E-state index contributed by atoms with van der Waals surface area (Å²) >= 11 is 3.55. The molecule has 3 rings (SSSR count). The van der Waals surface area contributed by atoms with E-state index < -0.39 is 11.7 Å². The number of alkyl carbamates (subject to hydrolysis) is 1. The Kier molecular flexibility index (Phi) is 5.75. The minimum absolute atomic E-state index is 0.00520. The van der Waals surface area contributed by atoms with Gasteiger partial charge in [0.15, 0.2) is 0 Å². The molecule has 0 unspecified atom stereocenters. The zero-order valence-corrected chi connectivity index (χ0v) is 17.5.